The number of allylic oxidation sites excluding steroid dienone is 1. The highest BCUT2D eigenvalue weighted by Gasteiger charge is 2.29. The van der Waals surface area contributed by atoms with Gasteiger partial charge in [-0.05, 0) is 17.7 Å². The molecule has 0 atom stereocenters. The van der Waals surface area contributed by atoms with Gasteiger partial charge in [0.15, 0.2) is 6.29 Å². The average molecular weight is 243 g/mol. The van der Waals surface area contributed by atoms with E-state index in [1.807, 2.05) is 0 Å². The van der Waals surface area contributed by atoms with E-state index in [9.17, 15) is 18.0 Å². The fourth-order valence-corrected chi connectivity index (χ4v) is 1.30. The highest BCUT2D eigenvalue weighted by molar-refractivity contribution is 6.06. The second-order valence-electron chi connectivity index (χ2n) is 3.74. The molecule has 0 amide bonds. The van der Waals surface area contributed by atoms with Gasteiger partial charge < -0.3 is 4.90 Å². The summed E-state index contributed by atoms with van der Waals surface area (Å²) in [4.78, 5) is 12.5. The van der Waals surface area contributed by atoms with Crippen molar-refractivity contribution in [1.29, 1.82) is 0 Å². The zero-order valence-corrected chi connectivity index (χ0v) is 9.45. The van der Waals surface area contributed by atoms with Crippen molar-refractivity contribution in [3.63, 3.8) is 0 Å². The first-order chi connectivity index (χ1) is 7.84. The van der Waals surface area contributed by atoms with Crippen LogP contribution in [-0.4, -0.2) is 25.3 Å². The molecule has 0 aliphatic heterocycles. The Morgan fingerprint density at radius 2 is 1.71 bits per heavy atom. The van der Waals surface area contributed by atoms with Crippen LogP contribution in [-0.2, 0) is 11.0 Å². The summed E-state index contributed by atoms with van der Waals surface area (Å²) in [6, 6.07) is 4.49. The Labute approximate surface area is 97.3 Å². The predicted molar refractivity (Wildman–Crippen MR) is 59.2 cm³/mol. The lowest BCUT2D eigenvalue weighted by Crippen LogP contribution is -2.05. The maximum atomic E-state index is 12.3. The Kier molecular flexibility index (Phi) is 3.93. The van der Waals surface area contributed by atoms with E-state index in [4.69, 9.17) is 0 Å². The molecule has 0 unspecified atom stereocenters. The number of benzene rings is 1. The van der Waals surface area contributed by atoms with E-state index in [2.05, 4.69) is 0 Å². The first kappa shape index (κ1) is 13.3. The smallest absolute Gasteiger partial charge is 0.383 e. The maximum Gasteiger partial charge on any atom is 0.416 e. The fourth-order valence-electron chi connectivity index (χ4n) is 1.30. The minimum absolute atomic E-state index is 0.337. The summed E-state index contributed by atoms with van der Waals surface area (Å²) >= 11 is 0. The van der Waals surface area contributed by atoms with Crippen LogP contribution in [0.5, 0.6) is 0 Å². The second-order valence-corrected chi connectivity index (χ2v) is 3.74. The van der Waals surface area contributed by atoms with Gasteiger partial charge in [-0.2, -0.15) is 13.2 Å². The summed E-state index contributed by atoms with van der Waals surface area (Å²) in [6.45, 7) is 0. The van der Waals surface area contributed by atoms with Crippen LogP contribution in [0.15, 0.2) is 30.5 Å². The molecular formula is C12H12F3NO. The van der Waals surface area contributed by atoms with E-state index in [-0.39, 0.29) is 0 Å². The molecule has 2 nitrogen and oxygen atoms in total. The van der Waals surface area contributed by atoms with Crippen molar-refractivity contribution in [1.82, 2.24) is 4.90 Å². The molecule has 0 aromatic heterocycles. The molecule has 0 N–H and O–H groups in total. The molecule has 0 bridgehead atoms. The number of carbonyl (C=O) groups excluding carboxylic acids is 1. The number of rotatable bonds is 3. The van der Waals surface area contributed by atoms with Crippen LogP contribution in [0.2, 0.25) is 0 Å². The Balaban J connectivity index is 3.06. The monoisotopic (exact) mass is 243 g/mol. The summed E-state index contributed by atoms with van der Waals surface area (Å²) in [5.74, 6) is 0. The molecule has 1 aromatic carbocycles. The van der Waals surface area contributed by atoms with Gasteiger partial charge in [0.05, 0.1) is 5.56 Å². The quantitative estimate of drug-likeness (QED) is 0.601. The number of nitrogens with zero attached hydrogens (tertiary/aromatic N) is 1. The van der Waals surface area contributed by atoms with E-state index in [1.165, 1.54) is 12.1 Å². The third-order valence-corrected chi connectivity index (χ3v) is 2.07. The summed E-state index contributed by atoms with van der Waals surface area (Å²) in [6.07, 6.45) is -2.19. The molecule has 17 heavy (non-hydrogen) atoms. The van der Waals surface area contributed by atoms with Crippen LogP contribution in [0.3, 0.4) is 0 Å². The van der Waals surface area contributed by atoms with Crippen molar-refractivity contribution in [3.8, 4) is 0 Å². The van der Waals surface area contributed by atoms with E-state index < -0.39 is 11.7 Å². The first-order valence-corrected chi connectivity index (χ1v) is 4.85. The van der Waals surface area contributed by atoms with E-state index in [0.717, 1.165) is 12.1 Å². The molecule has 0 heterocycles. The van der Waals surface area contributed by atoms with Gasteiger partial charge in [0, 0.05) is 25.9 Å². The van der Waals surface area contributed by atoms with Gasteiger partial charge in [0.25, 0.3) is 0 Å². The third kappa shape index (κ3) is 3.62. The molecule has 0 spiro atoms. The predicted octanol–water partition coefficient (Wildman–Crippen LogP) is 2.81. The molecule has 0 saturated heterocycles. The van der Waals surface area contributed by atoms with Crippen molar-refractivity contribution in [2.75, 3.05) is 14.1 Å². The molecule has 0 aliphatic rings. The van der Waals surface area contributed by atoms with Gasteiger partial charge in [-0.15, -0.1) is 0 Å². The van der Waals surface area contributed by atoms with Gasteiger partial charge in [-0.3, -0.25) is 4.79 Å². The minimum Gasteiger partial charge on any atom is -0.383 e. The van der Waals surface area contributed by atoms with Crippen LogP contribution >= 0.6 is 0 Å². The van der Waals surface area contributed by atoms with E-state index in [1.54, 1.807) is 25.2 Å². The molecule has 92 valence electrons. The van der Waals surface area contributed by atoms with E-state index in [0.29, 0.717) is 17.4 Å². The largest absolute Gasteiger partial charge is 0.416 e. The van der Waals surface area contributed by atoms with E-state index >= 15 is 0 Å². The van der Waals surface area contributed by atoms with Gasteiger partial charge >= 0.3 is 6.18 Å². The molecule has 0 saturated carbocycles. The van der Waals surface area contributed by atoms with Crippen LogP contribution in [0.1, 0.15) is 11.1 Å². The Hall–Kier alpha value is -1.78. The molecule has 1 rings (SSSR count). The average Bonchev–Trinajstić information content (AvgIpc) is 2.24. The SMILES string of the molecule is CN(C)C=C(C=O)c1ccc(C(F)(F)F)cc1. The molecule has 0 fully saturated rings. The zero-order valence-electron chi connectivity index (χ0n) is 9.45. The summed E-state index contributed by atoms with van der Waals surface area (Å²) in [5.41, 5.74) is 0.0711. The normalized spacial score (nSPS) is 12.4. The molecule has 5 heteroatoms. The van der Waals surface area contributed by atoms with Crippen LogP contribution < -0.4 is 0 Å². The van der Waals surface area contributed by atoms with Crippen molar-refractivity contribution >= 4 is 11.9 Å². The number of halogens is 3. The number of alkyl halides is 3. The highest BCUT2D eigenvalue weighted by Crippen LogP contribution is 2.29. The summed E-state index contributed by atoms with van der Waals surface area (Å²) in [5, 5.41) is 0. The minimum atomic E-state index is -4.36. The Morgan fingerprint density at radius 1 is 1.18 bits per heavy atom. The fraction of sp³-hybridized carbons (Fsp3) is 0.250. The second kappa shape index (κ2) is 5.03. The number of carbonyl (C=O) groups is 1. The molecule has 0 aliphatic carbocycles. The van der Waals surface area contributed by atoms with Crippen LogP contribution in [0, 0.1) is 0 Å². The topological polar surface area (TPSA) is 20.3 Å². The lowest BCUT2D eigenvalue weighted by Gasteiger charge is -2.09. The molecule has 1 aromatic rings. The Morgan fingerprint density at radius 3 is 2.06 bits per heavy atom. The van der Waals surface area contributed by atoms with Crippen molar-refractivity contribution in [3.05, 3.63) is 41.6 Å². The van der Waals surface area contributed by atoms with Gasteiger partial charge in [-0.25, -0.2) is 0 Å². The van der Waals surface area contributed by atoms with Crippen molar-refractivity contribution in [2.45, 2.75) is 6.18 Å². The van der Waals surface area contributed by atoms with Gasteiger partial charge in [-0.1, -0.05) is 12.1 Å². The maximum absolute atomic E-state index is 12.3. The lowest BCUT2D eigenvalue weighted by atomic mass is 10.1. The van der Waals surface area contributed by atoms with Crippen LogP contribution in [0.25, 0.3) is 5.57 Å². The number of hydrogen-bond donors (Lipinski definition) is 0. The van der Waals surface area contributed by atoms with Gasteiger partial charge in [0.1, 0.15) is 0 Å². The standard InChI is InChI=1S/C12H12F3NO/c1-16(2)7-10(8-17)9-3-5-11(6-4-9)12(13,14)15/h3-8H,1-2H3. The van der Waals surface area contributed by atoms with Crippen LogP contribution in [0.4, 0.5) is 13.2 Å². The zero-order chi connectivity index (χ0) is 13.1. The summed E-state index contributed by atoms with van der Waals surface area (Å²) in [7, 11) is 3.46. The summed E-state index contributed by atoms with van der Waals surface area (Å²) < 4.78 is 37.0. The van der Waals surface area contributed by atoms with Crippen molar-refractivity contribution in [2.24, 2.45) is 0 Å². The Bertz CT molecular complexity index is 418. The number of hydrogen-bond acceptors (Lipinski definition) is 2. The van der Waals surface area contributed by atoms with Gasteiger partial charge in [0.2, 0.25) is 0 Å². The third-order valence-electron chi connectivity index (χ3n) is 2.07. The van der Waals surface area contributed by atoms with Crippen molar-refractivity contribution < 1.29 is 18.0 Å². The number of aldehydes is 1. The molecular weight excluding hydrogens is 231 g/mol. The molecule has 0 radical (unpaired) electrons. The first-order valence-electron chi connectivity index (χ1n) is 4.85. The highest BCUT2D eigenvalue weighted by atomic mass is 19.4. The lowest BCUT2D eigenvalue weighted by molar-refractivity contribution is -0.137.